The van der Waals surface area contributed by atoms with Crippen molar-refractivity contribution in [3.05, 3.63) is 40.2 Å². The first-order chi connectivity index (χ1) is 13.6. The number of nitriles is 1. The molecule has 0 saturated carbocycles. The van der Waals surface area contributed by atoms with E-state index < -0.39 is 11.9 Å². The van der Waals surface area contributed by atoms with Crippen LogP contribution in [-0.2, 0) is 20.8 Å². The van der Waals surface area contributed by atoms with Crippen molar-refractivity contribution in [1.29, 1.82) is 5.26 Å². The molecule has 8 heteroatoms. The number of nitrogens with two attached hydrogens (primary N) is 1. The van der Waals surface area contributed by atoms with E-state index in [0.717, 1.165) is 0 Å². The molecule has 2 N–H and O–H groups in total. The largest absolute Gasteiger partial charge is 0.464 e. The molecular weight excluding hydrogens is 372 g/mol. The van der Waals surface area contributed by atoms with Crippen LogP contribution in [-0.4, -0.2) is 28.6 Å². The molecule has 0 radical (unpaired) electrons. The number of Topliss-reactive ketones (excluding diaryl/α,β-unsaturated/α-hetero) is 1. The third kappa shape index (κ3) is 3.77. The summed E-state index contributed by atoms with van der Waals surface area (Å²) in [7, 11) is 1.28. The standard InChI is InChI=1S/C21H26N4O4/c1-11(2)10-25-14(6-13(24-25)20(27)28-5)17-12(9-22)19(23)29-16-8-21(3,4)7-15(26)18(16)17/h6,11,17H,7-8,10,23H2,1-5H3/t17-/m0/s1. The number of hydrogen-bond donors (Lipinski definition) is 1. The first kappa shape index (κ1) is 20.6. The normalized spacial score (nSPS) is 21.0. The molecule has 8 nitrogen and oxygen atoms in total. The third-order valence-electron chi connectivity index (χ3n) is 5.11. The molecular formula is C21H26N4O4. The molecule has 0 saturated heterocycles. The van der Waals surface area contributed by atoms with Crippen molar-refractivity contribution in [3.63, 3.8) is 0 Å². The van der Waals surface area contributed by atoms with Crippen molar-refractivity contribution in [2.24, 2.45) is 17.1 Å². The summed E-state index contributed by atoms with van der Waals surface area (Å²) in [6.45, 7) is 8.52. The lowest BCUT2D eigenvalue weighted by Crippen LogP contribution is -2.34. The molecule has 29 heavy (non-hydrogen) atoms. The van der Waals surface area contributed by atoms with Crippen LogP contribution in [0.15, 0.2) is 28.9 Å². The molecule has 154 valence electrons. The second kappa shape index (κ2) is 7.39. The Balaban J connectivity index is 2.23. The van der Waals surface area contributed by atoms with Crippen LogP contribution in [0, 0.1) is 22.7 Å². The van der Waals surface area contributed by atoms with Crippen molar-refractivity contribution in [2.45, 2.75) is 53.0 Å². The minimum absolute atomic E-state index is 0.0151. The predicted molar refractivity (Wildman–Crippen MR) is 104 cm³/mol. The van der Waals surface area contributed by atoms with Gasteiger partial charge in [-0.1, -0.05) is 27.7 Å². The summed E-state index contributed by atoms with van der Waals surface area (Å²) < 4.78 is 12.2. The smallest absolute Gasteiger partial charge is 0.358 e. The summed E-state index contributed by atoms with van der Waals surface area (Å²) >= 11 is 0. The number of methoxy groups -OCH3 is 1. The molecule has 0 spiro atoms. The summed E-state index contributed by atoms with van der Waals surface area (Å²) in [4.78, 5) is 25.2. The Morgan fingerprint density at radius 1 is 1.48 bits per heavy atom. The van der Waals surface area contributed by atoms with E-state index in [-0.39, 0.29) is 34.3 Å². The number of hydrogen-bond acceptors (Lipinski definition) is 7. The van der Waals surface area contributed by atoms with E-state index in [0.29, 0.717) is 36.4 Å². The average molecular weight is 398 g/mol. The lowest BCUT2D eigenvalue weighted by Gasteiger charge is -2.37. The lowest BCUT2D eigenvalue weighted by molar-refractivity contribution is -0.119. The monoisotopic (exact) mass is 398 g/mol. The number of aromatic nitrogens is 2. The van der Waals surface area contributed by atoms with Gasteiger partial charge in [0.2, 0.25) is 5.88 Å². The van der Waals surface area contributed by atoms with E-state index in [2.05, 4.69) is 11.2 Å². The second-order valence-electron chi connectivity index (χ2n) is 8.72. The van der Waals surface area contributed by atoms with Crippen molar-refractivity contribution >= 4 is 11.8 Å². The zero-order valence-corrected chi connectivity index (χ0v) is 17.4. The SMILES string of the molecule is COC(=O)c1cc([C@@H]2C(C#N)=C(N)OC3=C2C(=O)CC(C)(C)C3)n(CC(C)C)n1. The molecule has 1 aliphatic heterocycles. The van der Waals surface area contributed by atoms with Gasteiger partial charge in [-0.25, -0.2) is 4.79 Å². The van der Waals surface area contributed by atoms with Crippen LogP contribution in [0.4, 0.5) is 0 Å². The van der Waals surface area contributed by atoms with Gasteiger partial charge in [-0.15, -0.1) is 0 Å². The maximum atomic E-state index is 13.1. The van der Waals surface area contributed by atoms with Gasteiger partial charge >= 0.3 is 5.97 Å². The zero-order chi connectivity index (χ0) is 21.5. The number of rotatable bonds is 4. The highest BCUT2D eigenvalue weighted by molar-refractivity contribution is 6.00. The van der Waals surface area contributed by atoms with Gasteiger partial charge in [-0.05, 0) is 17.4 Å². The van der Waals surface area contributed by atoms with Gasteiger partial charge in [0, 0.05) is 25.0 Å². The number of allylic oxidation sites excluding steroid dienone is 3. The topological polar surface area (TPSA) is 120 Å². The van der Waals surface area contributed by atoms with E-state index in [1.165, 1.54) is 7.11 Å². The molecule has 1 aromatic heterocycles. The van der Waals surface area contributed by atoms with Gasteiger partial charge < -0.3 is 15.2 Å². The van der Waals surface area contributed by atoms with E-state index >= 15 is 0 Å². The molecule has 1 atom stereocenters. The molecule has 2 aliphatic rings. The molecule has 1 aromatic rings. The number of ether oxygens (including phenoxy) is 2. The highest BCUT2D eigenvalue weighted by Crippen LogP contribution is 2.48. The minimum Gasteiger partial charge on any atom is -0.464 e. The van der Waals surface area contributed by atoms with Gasteiger partial charge in [0.15, 0.2) is 11.5 Å². The molecule has 0 fully saturated rings. The Labute approximate surface area is 169 Å². The van der Waals surface area contributed by atoms with Crippen molar-refractivity contribution < 1.29 is 19.1 Å². The summed E-state index contributed by atoms with van der Waals surface area (Å²) in [5, 5.41) is 14.2. The minimum atomic E-state index is -0.725. The summed E-state index contributed by atoms with van der Waals surface area (Å²) in [5.74, 6) is -0.694. The number of esters is 1. The van der Waals surface area contributed by atoms with Gasteiger partial charge in [0.25, 0.3) is 0 Å². The maximum Gasteiger partial charge on any atom is 0.358 e. The fourth-order valence-corrected chi connectivity index (χ4v) is 3.94. The molecule has 0 amide bonds. The summed E-state index contributed by atoms with van der Waals surface area (Å²) in [5.41, 5.74) is 7.06. The summed E-state index contributed by atoms with van der Waals surface area (Å²) in [6.07, 6.45) is 0.874. The number of carbonyl (C=O) groups is 2. The van der Waals surface area contributed by atoms with Crippen molar-refractivity contribution in [2.75, 3.05) is 7.11 Å². The quantitative estimate of drug-likeness (QED) is 0.774. The van der Waals surface area contributed by atoms with Gasteiger partial charge in [0.1, 0.15) is 17.4 Å². The fourth-order valence-electron chi connectivity index (χ4n) is 3.94. The Bertz CT molecular complexity index is 975. The van der Waals surface area contributed by atoms with Gasteiger partial charge in [-0.2, -0.15) is 10.4 Å². The first-order valence-corrected chi connectivity index (χ1v) is 9.58. The molecule has 0 unspecified atom stereocenters. The van der Waals surface area contributed by atoms with Crippen LogP contribution in [0.1, 0.15) is 62.6 Å². The zero-order valence-electron chi connectivity index (χ0n) is 17.4. The first-order valence-electron chi connectivity index (χ1n) is 9.58. The highest BCUT2D eigenvalue weighted by atomic mass is 16.5. The number of ketones is 1. The fraction of sp³-hybridized carbons (Fsp3) is 0.524. The van der Waals surface area contributed by atoms with Crippen LogP contribution in [0.3, 0.4) is 0 Å². The third-order valence-corrected chi connectivity index (χ3v) is 5.11. The Morgan fingerprint density at radius 3 is 2.76 bits per heavy atom. The maximum absolute atomic E-state index is 13.1. The van der Waals surface area contributed by atoms with Crippen molar-refractivity contribution in [1.82, 2.24) is 9.78 Å². The van der Waals surface area contributed by atoms with Crippen molar-refractivity contribution in [3.8, 4) is 6.07 Å². The molecule has 1 aliphatic carbocycles. The van der Waals surface area contributed by atoms with Crippen LogP contribution in [0.2, 0.25) is 0 Å². The Hall–Kier alpha value is -3.08. The highest BCUT2D eigenvalue weighted by Gasteiger charge is 2.44. The molecule has 3 rings (SSSR count). The molecule has 0 aromatic carbocycles. The Kier molecular flexibility index (Phi) is 5.26. The van der Waals surface area contributed by atoms with E-state index in [9.17, 15) is 14.9 Å². The van der Waals surface area contributed by atoms with Crippen LogP contribution < -0.4 is 5.73 Å². The van der Waals surface area contributed by atoms with Crippen LogP contribution in [0.25, 0.3) is 0 Å². The van der Waals surface area contributed by atoms with Gasteiger partial charge in [0.05, 0.1) is 18.7 Å². The van der Waals surface area contributed by atoms with Crippen LogP contribution >= 0.6 is 0 Å². The summed E-state index contributed by atoms with van der Waals surface area (Å²) in [6, 6.07) is 3.67. The van der Waals surface area contributed by atoms with E-state index in [1.54, 1.807) is 10.7 Å². The molecule has 0 bridgehead atoms. The van der Waals surface area contributed by atoms with E-state index in [4.69, 9.17) is 15.2 Å². The van der Waals surface area contributed by atoms with Crippen LogP contribution in [0.5, 0.6) is 0 Å². The average Bonchev–Trinajstić information content (AvgIpc) is 3.01. The lowest BCUT2D eigenvalue weighted by atomic mass is 9.71. The number of carbonyl (C=O) groups excluding carboxylic acids is 2. The Morgan fingerprint density at radius 2 is 2.17 bits per heavy atom. The predicted octanol–water partition coefficient (Wildman–Crippen LogP) is 2.78. The molecule has 2 heterocycles. The van der Waals surface area contributed by atoms with Gasteiger partial charge in [-0.3, -0.25) is 9.48 Å². The number of nitrogens with zero attached hydrogens (tertiary/aromatic N) is 3. The van der Waals surface area contributed by atoms with E-state index in [1.807, 2.05) is 27.7 Å². The second-order valence-corrected chi connectivity index (χ2v) is 8.72.